The van der Waals surface area contributed by atoms with Crippen LogP contribution in [0.25, 0.3) is 0 Å². The van der Waals surface area contributed by atoms with Crippen molar-refractivity contribution in [3.63, 3.8) is 0 Å². The lowest BCUT2D eigenvalue weighted by molar-refractivity contribution is -0.433. The van der Waals surface area contributed by atoms with Gasteiger partial charge in [0.25, 0.3) is 10.1 Å². The molecule has 2 bridgehead atoms. The lowest BCUT2D eigenvalue weighted by Gasteiger charge is -2.30. The number of alkyl halides is 2. The molecule has 0 aromatic heterocycles. The van der Waals surface area contributed by atoms with Crippen LogP contribution in [0.5, 0.6) is 0 Å². The number of halogens is 2. The van der Waals surface area contributed by atoms with Crippen LogP contribution in [0.1, 0.15) is 19.8 Å². The summed E-state index contributed by atoms with van der Waals surface area (Å²) in [6.07, 6.45) is -1.38. The predicted molar refractivity (Wildman–Crippen MR) is 65.6 cm³/mol. The van der Waals surface area contributed by atoms with E-state index >= 15 is 0 Å². The van der Waals surface area contributed by atoms with Gasteiger partial charge >= 0.3 is 11.2 Å². The summed E-state index contributed by atoms with van der Waals surface area (Å²) in [4.78, 5) is 11.5. The second-order valence-corrected chi connectivity index (χ2v) is 8.38. The highest BCUT2D eigenvalue weighted by molar-refractivity contribution is 7.96. The molecule has 1 heterocycles. The first-order valence-electron chi connectivity index (χ1n) is 6.29. The Kier molecular flexibility index (Phi) is 3.70. The Hall–Kier alpha value is -0.530. The van der Waals surface area contributed by atoms with Crippen molar-refractivity contribution in [3.05, 3.63) is 0 Å². The molecule has 5 unspecified atom stereocenters. The Morgan fingerprint density at radius 1 is 1.50 bits per heavy atom. The number of esters is 1. The second-order valence-electron chi connectivity index (χ2n) is 5.82. The van der Waals surface area contributed by atoms with E-state index in [1.165, 1.54) is 0 Å². The molecule has 5 atom stereocenters. The van der Waals surface area contributed by atoms with Crippen molar-refractivity contribution in [2.75, 3.05) is 0 Å². The average molecular weight is 362 g/mol. The van der Waals surface area contributed by atoms with Gasteiger partial charge in [-0.3, -0.25) is 4.18 Å². The van der Waals surface area contributed by atoms with E-state index in [0.29, 0.717) is 6.42 Å². The fraction of sp³-hybridized carbons (Fsp3) is 0.900. The van der Waals surface area contributed by atoms with Crippen LogP contribution >= 0.6 is 12.0 Å². The van der Waals surface area contributed by atoms with E-state index in [-0.39, 0.29) is 12.3 Å². The van der Waals surface area contributed by atoms with Gasteiger partial charge in [0.1, 0.15) is 24.3 Å². The second kappa shape index (κ2) is 4.98. The molecule has 8 nitrogen and oxygen atoms in total. The number of rotatable bonds is 5. The van der Waals surface area contributed by atoms with Gasteiger partial charge in [0.15, 0.2) is 0 Å². The summed E-state index contributed by atoms with van der Waals surface area (Å²) in [5.74, 6) is -2.27. The smallest absolute Gasteiger partial charge is 0.415 e. The molecule has 0 amide bonds. The van der Waals surface area contributed by atoms with Gasteiger partial charge in [-0.05, 0) is 12.8 Å². The third-order valence-electron chi connectivity index (χ3n) is 4.60. The zero-order valence-electron chi connectivity index (χ0n) is 11.1. The molecule has 3 aliphatic rings. The third-order valence-corrected chi connectivity index (χ3v) is 7.01. The molecule has 3 rings (SSSR count). The molecule has 2 saturated carbocycles. The van der Waals surface area contributed by atoms with E-state index < -0.39 is 56.3 Å². The predicted octanol–water partition coefficient (Wildman–Crippen LogP) is 1.09. The van der Waals surface area contributed by atoms with Crippen molar-refractivity contribution in [2.45, 2.75) is 42.5 Å². The van der Waals surface area contributed by atoms with Crippen molar-refractivity contribution >= 4 is 28.1 Å². The zero-order valence-corrected chi connectivity index (χ0v) is 12.7. The Balaban J connectivity index is 1.75. The number of carbonyl (C=O) groups is 1. The van der Waals surface area contributed by atoms with E-state index in [0.717, 1.165) is 0 Å². The molecule has 1 N–H and O–H groups in total. The van der Waals surface area contributed by atoms with E-state index in [1.807, 2.05) is 0 Å². The van der Waals surface area contributed by atoms with Crippen LogP contribution in [0, 0.1) is 11.3 Å². The van der Waals surface area contributed by atoms with Crippen LogP contribution in [0.2, 0.25) is 0 Å². The molecule has 0 spiro atoms. The van der Waals surface area contributed by atoms with Gasteiger partial charge in [-0.1, -0.05) is 12.0 Å². The summed E-state index contributed by atoms with van der Waals surface area (Å²) in [6.45, 7) is 1.69. The first-order valence-corrected chi connectivity index (χ1v) is 8.50. The quantitative estimate of drug-likeness (QED) is 0.253. The zero-order chi connectivity index (χ0) is 16.3. The maximum Gasteiger partial charge on any atom is 0.415 e. The van der Waals surface area contributed by atoms with Gasteiger partial charge in [0, 0.05) is 11.3 Å². The van der Waals surface area contributed by atoms with Crippen LogP contribution < -0.4 is 0 Å². The standard InChI is InChI=1S/C10H12F2O8S2/c1-9-3-4-2-5(9)22(15,16)18-7(9)6(4)17-8(13)10(11,12)21-20-19-14/h4-7,14H,2-3H2,1H3. The Morgan fingerprint density at radius 3 is 2.82 bits per heavy atom. The molecule has 126 valence electrons. The highest BCUT2D eigenvalue weighted by Crippen LogP contribution is 2.63. The van der Waals surface area contributed by atoms with Gasteiger partial charge in [0.05, 0.1) is 5.25 Å². The molecular formula is C10H12F2O8S2. The van der Waals surface area contributed by atoms with Gasteiger partial charge in [0.2, 0.25) is 0 Å². The molecule has 0 aromatic carbocycles. The third kappa shape index (κ3) is 2.24. The van der Waals surface area contributed by atoms with Crippen molar-refractivity contribution in [2.24, 2.45) is 11.3 Å². The van der Waals surface area contributed by atoms with E-state index in [4.69, 9.17) is 14.2 Å². The molecule has 3 fully saturated rings. The van der Waals surface area contributed by atoms with E-state index in [9.17, 15) is 22.0 Å². The van der Waals surface area contributed by atoms with E-state index in [2.05, 4.69) is 9.37 Å². The van der Waals surface area contributed by atoms with Crippen LogP contribution in [-0.4, -0.2) is 42.4 Å². The maximum absolute atomic E-state index is 13.4. The molecule has 2 aliphatic carbocycles. The molecule has 1 aliphatic heterocycles. The summed E-state index contributed by atoms with van der Waals surface area (Å²) >= 11 is -0.731. The Morgan fingerprint density at radius 2 is 2.18 bits per heavy atom. The lowest BCUT2D eigenvalue weighted by Crippen LogP contribution is -2.44. The van der Waals surface area contributed by atoms with Crippen molar-refractivity contribution < 1.29 is 45.5 Å². The Labute approximate surface area is 128 Å². The van der Waals surface area contributed by atoms with Crippen molar-refractivity contribution in [1.82, 2.24) is 0 Å². The maximum atomic E-state index is 13.4. The average Bonchev–Trinajstić information content (AvgIpc) is 2.92. The minimum absolute atomic E-state index is 0.211. The summed E-state index contributed by atoms with van der Waals surface area (Å²) in [5, 5.41) is 6.04. The number of hydrogen-bond acceptors (Lipinski definition) is 9. The van der Waals surface area contributed by atoms with Crippen molar-refractivity contribution in [3.8, 4) is 0 Å². The summed E-state index contributed by atoms with van der Waals surface area (Å²) in [6, 6.07) is 0. The lowest BCUT2D eigenvalue weighted by atomic mass is 9.82. The molecule has 0 aromatic rings. The monoisotopic (exact) mass is 362 g/mol. The van der Waals surface area contributed by atoms with Crippen molar-refractivity contribution in [1.29, 1.82) is 0 Å². The molecule has 22 heavy (non-hydrogen) atoms. The first kappa shape index (κ1) is 16.3. The molecule has 12 heteroatoms. The van der Waals surface area contributed by atoms with E-state index in [1.54, 1.807) is 6.92 Å². The normalized spacial score (nSPS) is 41.8. The number of carbonyl (C=O) groups excluding carboxylic acids is 1. The minimum Gasteiger partial charge on any atom is -0.454 e. The van der Waals surface area contributed by atoms with Gasteiger partial charge in [-0.15, -0.1) is 4.33 Å². The fourth-order valence-electron chi connectivity index (χ4n) is 3.76. The summed E-state index contributed by atoms with van der Waals surface area (Å²) in [5.41, 5.74) is -0.735. The minimum atomic E-state index is -4.12. The van der Waals surface area contributed by atoms with Crippen LogP contribution in [0.15, 0.2) is 0 Å². The number of fused-ring (bicyclic) bond motifs is 1. The fourth-order valence-corrected chi connectivity index (χ4v) is 6.12. The van der Waals surface area contributed by atoms with Crippen LogP contribution in [-0.2, 0) is 33.2 Å². The van der Waals surface area contributed by atoms with Crippen LogP contribution in [0.4, 0.5) is 8.78 Å². The number of hydrogen-bond donors (Lipinski definition) is 1. The van der Waals surface area contributed by atoms with Gasteiger partial charge in [-0.25, -0.2) is 10.1 Å². The van der Waals surface area contributed by atoms with Gasteiger partial charge < -0.3 is 4.74 Å². The summed E-state index contributed by atoms with van der Waals surface area (Å²) < 4.78 is 63.9. The number of ether oxygens (including phenoxy) is 1. The van der Waals surface area contributed by atoms with Gasteiger partial charge in [-0.2, -0.15) is 17.2 Å². The first-order chi connectivity index (χ1) is 10.1. The highest BCUT2D eigenvalue weighted by Gasteiger charge is 2.72. The summed E-state index contributed by atoms with van der Waals surface area (Å²) in [7, 11) is -3.77. The Bertz CT molecular complexity index is 596. The highest BCUT2D eigenvalue weighted by atomic mass is 32.2. The van der Waals surface area contributed by atoms with Crippen LogP contribution in [0.3, 0.4) is 0 Å². The SMILES string of the molecule is CC12CC3CC1S(=O)(=O)OC2C3OC(=O)C(F)(F)SOOO. The largest absolute Gasteiger partial charge is 0.454 e. The molecular weight excluding hydrogens is 350 g/mol. The topological polar surface area (TPSA) is 108 Å². The molecule has 1 saturated heterocycles. The molecule has 0 radical (unpaired) electrons.